The average molecular weight is 383 g/mol. The Morgan fingerprint density at radius 3 is 2.25 bits per heavy atom. The molecule has 0 radical (unpaired) electrons. The van der Waals surface area contributed by atoms with Crippen LogP contribution in [-0.4, -0.2) is 51.5 Å². The van der Waals surface area contributed by atoms with Crippen molar-refractivity contribution in [3.8, 4) is 0 Å². The first-order chi connectivity index (χ1) is 13.5. The van der Waals surface area contributed by atoms with Crippen LogP contribution in [0.25, 0.3) is 0 Å². The Labute approximate surface area is 164 Å². The van der Waals surface area contributed by atoms with Crippen LogP contribution in [0.15, 0.2) is 60.7 Å². The smallest absolute Gasteiger partial charge is 0.404 e. The summed E-state index contributed by atoms with van der Waals surface area (Å²) < 4.78 is 0. The molecule has 1 saturated heterocycles. The number of carbonyl (C=O) groups excluding carboxylic acids is 1. The molecule has 0 saturated carbocycles. The van der Waals surface area contributed by atoms with Crippen LogP contribution in [0.1, 0.15) is 18.1 Å². The summed E-state index contributed by atoms with van der Waals surface area (Å²) in [5.74, 6) is -0.242. The van der Waals surface area contributed by atoms with E-state index in [-0.39, 0.29) is 18.5 Å². The lowest BCUT2D eigenvalue weighted by Crippen LogP contribution is -2.54. The zero-order chi connectivity index (χ0) is 20.1. The summed E-state index contributed by atoms with van der Waals surface area (Å²) in [5.41, 5.74) is 1.86. The van der Waals surface area contributed by atoms with Gasteiger partial charge in [0.2, 0.25) is 5.91 Å². The monoisotopic (exact) mass is 383 g/mol. The molecule has 0 bridgehead atoms. The lowest BCUT2D eigenvalue weighted by Gasteiger charge is -2.26. The van der Waals surface area contributed by atoms with E-state index in [1.54, 1.807) is 4.90 Å². The Bertz CT molecular complexity index is 800. The number of carbonyl (C=O) groups is 2. The molecule has 2 aromatic rings. The second-order valence-electron chi connectivity index (χ2n) is 7.01. The molecule has 1 unspecified atom stereocenters. The van der Waals surface area contributed by atoms with Crippen LogP contribution < -0.4 is 10.6 Å². The zero-order valence-corrected chi connectivity index (χ0v) is 15.7. The van der Waals surface area contributed by atoms with Crippen molar-refractivity contribution in [3.05, 3.63) is 71.8 Å². The van der Waals surface area contributed by atoms with Crippen molar-refractivity contribution in [1.82, 2.24) is 15.5 Å². The van der Waals surface area contributed by atoms with Crippen LogP contribution in [0, 0.1) is 0 Å². The summed E-state index contributed by atoms with van der Waals surface area (Å²) in [6.45, 7) is 2.27. The third-order valence-corrected chi connectivity index (χ3v) is 4.99. The van der Waals surface area contributed by atoms with Gasteiger partial charge in [0.15, 0.2) is 0 Å². The van der Waals surface area contributed by atoms with Gasteiger partial charge in [-0.1, -0.05) is 60.7 Å². The molecule has 3 rings (SSSR count). The van der Waals surface area contributed by atoms with Gasteiger partial charge in [0, 0.05) is 6.54 Å². The van der Waals surface area contributed by atoms with Gasteiger partial charge in [-0.2, -0.15) is 0 Å². The van der Waals surface area contributed by atoms with Crippen LogP contribution in [0.5, 0.6) is 0 Å². The first kappa shape index (κ1) is 19.9. The largest absolute Gasteiger partial charge is 0.465 e. The van der Waals surface area contributed by atoms with Gasteiger partial charge in [-0.05, 0) is 24.5 Å². The number of aliphatic hydroxyl groups excluding tert-OH is 1. The number of hydrogen-bond acceptors (Lipinski definition) is 4. The fraction of sp³-hybridized carbons (Fsp3) is 0.333. The van der Waals surface area contributed by atoms with Crippen LogP contribution in [0.4, 0.5) is 4.79 Å². The highest BCUT2D eigenvalue weighted by molar-refractivity contribution is 5.85. The first-order valence-corrected chi connectivity index (χ1v) is 9.27. The predicted octanol–water partition coefficient (Wildman–Crippen LogP) is 1.57. The fourth-order valence-corrected chi connectivity index (χ4v) is 3.55. The Balaban J connectivity index is 1.74. The number of carboxylic acid groups (broad SMARTS) is 1. The van der Waals surface area contributed by atoms with E-state index in [4.69, 9.17) is 0 Å². The Morgan fingerprint density at radius 1 is 1.11 bits per heavy atom. The summed E-state index contributed by atoms with van der Waals surface area (Å²) in [6, 6.07) is 17.2. The molecule has 1 heterocycles. The van der Waals surface area contributed by atoms with Crippen LogP contribution >= 0.6 is 0 Å². The Kier molecular flexibility index (Phi) is 6.28. The van der Waals surface area contributed by atoms with Crippen molar-refractivity contribution in [2.45, 2.75) is 44.2 Å². The number of nitrogens with one attached hydrogen (secondary N) is 2. The first-order valence-electron chi connectivity index (χ1n) is 9.27. The highest BCUT2D eigenvalue weighted by Crippen LogP contribution is 2.20. The van der Waals surface area contributed by atoms with Gasteiger partial charge in [0.05, 0.1) is 18.3 Å². The van der Waals surface area contributed by atoms with E-state index in [2.05, 4.69) is 10.6 Å². The second-order valence-corrected chi connectivity index (χ2v) is 7.01. The Morgan fingerprint density at radius 2 is 1.68 bits per heavy atom. The quantitative estimate of drug-likeness (QED) is 0.581. The van der Waals surface area contributed by atoms with Crippen molar-refractivity contribution in [3.63, 3.8) is 0 Å². The lowest BCUT2D eigenvalue weighted by atomic mass is 9.96. The van der Waals surface area contributed by atoms with Crippen LogP contribution in [0.3, 0.4) is 0 Å². The van der Waals surface area contributed by atoms with E-state index in [0.29, 0.717) is 6.54 Å². The molecule has 1 fully saturated rings. The molecule has 4 atom stereocenters. The second kappa shape index (κ2) is 8.86. The molecule has 1 aliphatic rings. The van der Waals surface area contributed by atoms with Crippen molar-refractivity contribution in [2.75, 3.05) is 0 Å². The molecule has 4 N–H and O–H groups in total. The third-order valence-electron chi connectivity index (χ3n) is 4.99. The molecule has 28 heavy (non-hydrogen) atoms. The molecule has 2 amide bonds. The van der Waals surface area contributed by atoms with E-state index < -0.39 is 24.3 Å². The predicted molar refractivity (Wildman–Crippen MR) is 104 cm³/mol. The van der Waals surface area contributed by atoms with E-state index >= 15 is 0 Å². The normalized spacial score (nSPS) is 21.4. The maximum atomic E-state index is 12.9. The molecular formula is C21H25N3O4. The van der Waals surface area contributed by atoms with E-state index in [1.807, 2.05) is 67.6 Å². The molecule has 0 aromatic heterocycles. The molecule has 1 aliphatic heterocycles. The molecular weight excluding hydrogens is 358 g/mol. The SMILES string of the molecule is CC1N[C@@H]([C@H](O)[C@H](Cc2ccccc2)NC(=O)O)C(=O)N1Cc1ccccc1. The van der Waals surface area contributed by atoms with Crippen molar-refractivity contribution in [2.24, 2.45) is 0 Å². The number of nitrogens with zero attached hydrogens (tertiary/aromatic N) is 1. The van der Waals surface area contributed by atoms with E-state index in [0.717, 1.165) is 11.1 Å². The van der Waals surface area contributed by atoms with Gasteiger partial charge < -0.3 is 20.4 Å². The zero-order valence-electron chi connectivity index (χ0n) is 15.7. The summed E-state index contributed by atoms with van der Waals surface area (Å²) in [7, 11) is 0. The van der Waals surface area contributed by atoms with E-state index in [1.165, 1.54) is 0 Å². The molecule has 0 spiro atoms. The summed E-state index contributed by atoms with van der Waals surface area (Å²) in [4.78, 5) is 25.8. The van der Waals surface area contributed by atoms with E-state index in [9.17, 15) is 19.8 Å². The van der Waals surface area contributed by atoms with Crippen molar-refractivity contribution < 1.29 is 19.8 Å². The number of benzene rings is 2. The minimum Gasteiger partial charge on any atom is -0.465 e. The molecule has 0 aliphatic carbocycles. The van der Waals surface area contributed by atoms with Gasteiger partial charge in [-0.3, -0.25) is 10.1 Å². The number of amides is 2. The third kappa shape index (κ3) is 4.68. The van der Waals surface area contributed by atoms with Crippen molar-refractivity contribution in [1.29, 1.82) is 0 Å². The van der Waals surface area contributed by atoms with Gasteiger partial charge in [0.25, 0.3) is 0 Å². The van der Waals surface area contributed by atoms with Gasteiger partial charge in [-0.15, -0.1) is 0 Å². The molecule has 7 heteroatoms. The molecule has 7 nitrogen and oxygen atoms in total. The number of hydrogen-bond donors (Lipinski definition) is 4. The average Bonchev–Trinajstić information content (AvgIpc) is 2.96. The Hall–Kier alpha value is -2.90. The molecule has 148 valence electrons. The van der Waals surface area contributed by atoms with Crippen LogP contribution in [-0.2, 0) is 17.8 Å². The highest BCUT2D eigenvalue weighted by Gasteiger charge is 2.43. The number of rotatable bonds is 7. The molecule has 2 aromatic carbocycles. The van der Waals surface area contributed by atoms with Crippen LogP contribution in [0.2, 0.25) is 0 Å². The maximum Gasteiger partial charge on any atom is 0.404 e. The summed E-state index contributed by atoms with van der Waals surface area (Å²) in [6.07, 6.45) is -2.42. The minimum absolute atomic E-state index is 0.242. The summed E-state index contributed by atoms with van der Waals surface area (Å²) in [5, 5.41) is 25.5. The van der Waals surface area contributed by atoms with Gasteiger partial charge in [0.1, 0.15) is 6.04 Å². The fourth-order valence-electron chi connectivity index (χ4n) is 3.55. The van der Waals surface area contributed by atoms with Gasteiger partial charge in [-0.25, -0.2) is 4.79 Å². The maximum absolute atomic E-state index is 12.9. The summed E-state index contributed by atoms with van der Waals surface area (Å²) >= 11 is 0. The lowest BCUT2D eigenvalue weighted by molar-refractivity contribution is -0.132. The topological polar surface area (TPSA) is 102 Å². The minimum atomic E-state index is -1.24. The van der Waals surface area contributed by atoms with Crippen molar-refractivity contribution >= 4 is 12.0 Å². The standard InChI is InChI=1S/C21H25N3O4/c1-14-22-18(20(26)24(14)13-16-10-6-3-7-11-16)19(25)17(23-21(27)28)12-15-8-4-2-5-9-15/h2-11,14,17-19,22-23,25H,12-13H2,1H3,(H,27,28)/t14?,17-,18-,19+/m0/s1. The highest BCUT2D eigenvalue weighted by atomic mass is 16.4. The number of aliphatic hydroxyl groups is 1. The van der Waals surface area contributed by atoms with Gasteiger partial charge >= 0.3 is 6.09 Å².